The van der Waals surface area contributed by atoms with Gasteiger partial charge in [0.25, 0.3) is 0 Å². The minimum Gasteiger partial charge on any atom is -0.368 e. The molecule has 1 atom stereocenters. The van der Waals surface area contributed by atoms with E-state index in [0.29, 0.717) is 16.6 Å². The maximum Gasteiger partial charge on any atom is 0.234 e. The number of benzene rings is 1. The SMILES string of the molecule is CC(C)C(NCc1ccc(Cl)c(Cl)c1)C(N)=O. The maximum absolute atomic E-state index is 11.2. The van der Waals surface area contributed by atoms with Crippen molar-refractivity contribution in [3.05, 3.63) is 33.8 Å². The average molecular weight is 275 g/mol. The summed E-state index contributed by atoms with van der Waals surface area (Å²) < 4.78 is 0. The summed E-state index contributed by atoms with van der Waals surface area (Å²) in [7, 11) is 0. The maximum atomic E-state index is 11.2. The molecule has 0 fully saturated rings. The van der Waals surface area contributed by atoms with Gasteiger partial charge in [-0.05, 0) is 23.6 Å². The van der Waals surface area contributed by atoms with Crippen LogP contribution in [0.15, 0.2) is 18.2 Å². The van der Waals surface area contributed by atoms with Gasteiger partial charge in [-0.2, -0.15) is 0 Å². The van der Waals surface area contributed by atoms with Gasteiger partial charge in [0.1, 0.15) is 0 Å². The molecule has 0 saturated carbocycles. The third-order valence-electron chi connectivity index (χ3n) is 2.48. The molecule has 0 radical (unpaired) electrons. The van der Waals surface area contributed by atoms with Gasteiger partial charge < -0.3 is 11.1 Å². The number of hydrogen-bond acceptors (Lipinski definition) is 2. The standard InChI is InChI=1S/C12H16Cl2N2O/c1-7(2)11(12(15)17)16-6-8-3-4-9(13)10(14)5-8/h3-5,7,11,16H,6H2,1-2H3,(H2,15,17). The van der Waals surface area contributed by atoms with E-state index in [2.05, 4.69) is 5.32 Å². The topological polar surface area (TPSA) is 55.1 Å². The van der Waals surface area contributed by atoms with Crippen LogP contribution in [-0.2, 0) is 11.3 Å². The van der Waals surface area contributed by atoms with Crippen molar-refractivity contribution in [1.82, 2.24) is 5.32 Å². The quantitative estimate of drug-likeness (QED) is 0.867. The fraction of sp³-hybridized carbons (Fsp3) is 0.417. The Morgan fingerprint density at radius 1 is 1.35 bits per heavy atom. The van der Waals surface area contributed by atoms with Gasteiger partial charge in [-0.3, -0.25) is 4.79 Å². The number of rotatable bonds is 5. The normalized spacial score (nSPS) is 12.8. The van der Waals surface area contributed by atoms with Crippen LogP contribution in [0.4, 0.5) is 0 Å². The number of carbonyl (C=O) groups is 1. The van der Waals surface area contributed by atoms with E-state index in [4.69, 9.17) is 28.9 Å². The molecule has 1 aromatic rings. The van der Waals surface area contributed by atoms with E-state index in [1.807, 2.05) is 19.9 Å². The van der Waals surface area contributed by atoms with Crippen molar-refractivity contribution in [2.75, 3.05) is 0 Å². The summed E-state index contributed by atoms with van der Waals surface area (Å²) in [6.07, 6.45) is 0. The van der Waals surface area contributed by atoms with Crippen LogP contribution >= 0.6 is 23.2 Å². The molecule has 3 nitrogen and oxygen atoms in total. The van der Waals surface area contributed by atoms with Crippen LogP contribution < -0.4 is 11.1 Å². The van der Waals surface area contributed by atoms with Gasteiger partial charge >= 0.3 is 0 Å². The lowest BCUT2D eigenvalue weighted by Gasteiger charge is -2.19. The molecular weight excluding hydrogens is 259 g/mol. The Hall–Kier alpha value is -0.770. The first-order valence-corrected chi connectivity index (χ1v) is 6.14. The molecule has 0 aromatic heterocycles. The van der Waals surface area contributed by atoms with Crippen LogP contribution in [0.2, 0.25) is 10.0 Å². The Morgan fingerprint density at radius 2 is 2.00 bits per heavy atom. The number of nitrogens with two attached hydrogens (primary N) is 1. The lowest BCUT2D eigenvalue weighted by molar-refractivity contribution is -0.121. The zero-order valence-electron chi connectivity index (χ0n) is 9.84. The van der Waals surface area contributed by atoms with E-state index in [1.54, 1.807) is 12.1 Å². The van der Waals surface area contributed by atoms with Crippen molar-refractivity contribution < 1.29 is 4.79 Å². The summed E-state index contributed by atoms with van der Waals surface area (Å²) in [5.41, 5.74) is 6.27. The zero-order chi connectivity index (χ0) is 13.0. The van der Waals surface area contributed by atoms with Gasteiger partial charge in [-0.1, -0.05) is 43.1 Å². The van der Waals surface area contributed by atoms with Gasteiger partial charge in [0.05, 0.1) is 16.1 Å². The number of carbonyl (C=O) groups excluding carboxylic acids is 1. The molecule has 1 aromatic carbocycles. The molecule has 0 bridgehead atoms. The number of halogens is 2. The molecule has 0 saturated heterocycles. The molecule has 0 aliphatic rings. The monoisotopic (exact) mass is 274 g/mol. The van der Waals surface area contributed by atoms with Crippen LogP contribution in [0, 0.1) is 5.92 Å². The van der Waals surface area contributed by atoms with E-state index in [0.717, 1.165) is 5.56 Å². The molecule has 0 spiro atoms. The zero-order valence-corrected chi connectivity index (χ0v) is 11.3. The average Bonchev–Trinajstić information content (AvgIpc) is 2.22. The number of primary amides is 1. The molecule has 17 heavy (non-hydrogen) atoms. The third kappa shape index (κ3) is 4.19. The van der Waals surface area contributed by atoms with Crippen molar-refractivity contribution in [2.45, 2.75) is 26.4 Å². The Kier molecular flexibility index (Phi) is 5.25. The van der Waals surface area contributed by atoms with E-state index in [-0.39, 0.29) is 17.9 Å². The molecule has 94 valence electrons. The molecule has 0 aliphatic carbocycles. The highest BCUT2D eigenvalue weighted by molar-refractivity contribution is 6.42. The smallest absolute Gasteiger partial charge is 0.234 e. The molecule has 1 amide bonds. The molecule has 1 rings (SSSR count). The highest BCUT2D eigenvalue weighted by atomic mass is 35.5. The van der Waals surface area contributed by atoms with Gasteiger partial charge in [-0.25, -0.2) is 0 Å². The lowest BCUT2D eigenvalue weighted by Crippen LogP contribution is -2.44. The number of hydrogen-bond donors (Lipinski definition) is 2. The van der Waals surface area contributed by atoms with E-state index < -0.39 is 0 Å². The van der Waals surface area contributed by atoms with E-state index in [1.165, 1.54) is 0 Å². The van der Waals surface area contributed by atoms with Crippen LogP contribution in [0.5, 0.6) is 0 Å². The second kappa shape index (κ2) is 6.24. The summed E-state index contributed by atoms with van der Waals surface area (Å²) in [6.45, 7) is 4.41. The minimum atomic E-state index is -0.347. The second-order valence-electron chi connectivity index (χ2n) is 4.25. The largest absolute Gasteiger partial charge is 0.368 e. The minimum absolute atomic E-state index is 0.148. The first-order chi connectivity index (χ1) is 7.91. The second-order valence-corrected chi connectivity index (χ2v) is 5.07. The Labute approximate surface area is 111 Å². The lowest BCUT2D eigenvalue weighted by atomic mass is 10.0. The number of nitrogens with one attached hydrogen (secondary N) is 1. The predicted molar refractivity (Wildman–Crippen MR) is 71.1 cm³/mol. The van der Waals surface area contributed by atoms with Crippen LogP contribution in [0.1, 0.15) is 19.4 Å². The molecule has 1 unspecified atom stereocenters. The highest BCUT2D eigenvalue weighted by Crippen LogP contribution is 2.22. The number of amides is 1. The summed E-state index contributed by atoms with van der Waals surface area (Å²) in [5.74, 6) is -0.199. The fourth-order valence-electron chi connectivity index (χ4n) is 1.54. The van der Waals surface area contributed by atoms with Crippen LogP contribution in [0.25, 0.3) is 0 Å². The van der Waals surface area contributed by atoms with E-state index in [9.17, 15) is 4.79 Å². The molecule has 0 heterocycles. The van der Waals surface area contributed by atoms with Crippen molar-refractivity contribution in [3.63, 3.8) is 0 Å². The van der Waals surface area contributed by atoms with Crippen molar-refractivity contribution in [2.24, 2.45) is 11.7 Å². The molecule has 0 aliphatic heterocycles. The van der Waals surface area contributed by atoms with Crippen LogP contribution in [0.3, 0.4) is 0 Å². The van der Waals surface area contributed by atoms with E-state index >= 15 is 0 Å². The van der Waals surface area contributed by atoms with Gasteiger partial charge in [0, 0.05) is 6.54 Å². The van der Waals surface area contributed by atoms with Crippen molar-refractivity contribution in [1.29, 1.82) is 0 Å². The van der Waals surface area contributed by atoms with Crippen molar-refractivity contribution >= 4 is 29.1 Å². The summed E-state index contributed by atoms with van der Waals surface area (Å²) >= 11 is 11.7. The first kappa shape index (κ1) is 14.3. The first-order valence-electron chi connectivity index (χ1n) is 5.38. The van der Waals surface area contributed by atoms with Crippen molar-refractivity contribution in [3.8, 4) is 0 Å². The Balaban J connectivity index is 2.65. The molecule has 5 heteroatoms. The Morgan fingerprint density at radius 3 is 2.47 bits per heavy atom. The van der Waals surface area contributed by atoms with Crippen LogP contribution in [-0.4, -0.2) is 11.9 Å². The summed E-state index contributed by atoms with van der Waals surface area (Å²) in [4.78, 5) is 11.2. The molecular formula is C12H16Cl2N2O. The highest BCUT2D eigenvalue weighted by Gasteiger charge is 2.18. The summed E-state index contributed by atoms with van der Waals surface area (Å²) in [5, 5.41) is 4.13. The Bertz CT molecular complexity index is 407. The van der Waals surface area contributed by atoms with Gasteiger partial charge in [0.2, 0.25) is 5.91 Å². The predicted octanol–water partition coefficient (Wildman–Crippen LogP) is 2.59. The fourth-order valence-corrected chi connectivity index (χ4v) is 1.86. The summed E-state index contributed by atoms with van der Waals surface area (Å²) in [6, 6.07) is 5.02. The van der Waals surface area contributed by atoms with Gasteiger partial charge in [-0.15, -0.1) is 0 Å². The molecule has 3 N–H and O–H groups in total. The third-order valence-corrected chi connectivity index (χ3v) is 3.22. The van der Waals surface area contributed by atoms with Gasteiger partial charge in [0.15, 0.2) is 0 Å².